The Morgan fingerprint density at radius 1 is 1.32 bits per heavy atom. The first-order valence-electron chi connectivity index (χ1n) is 7.46. The van der Waals surface area contributed by atoms with E-state index in [1.165, 1.54) is 12.0 Å². The minimum atomic E-state index is 0. The van der Waals surface area contributed by atoms with E-state index in [1.54, 1.807) is 0 Å². The second kappa shape index (κ2) is 11.7. The third-order valence-corrected chi connectivity index (χ3v) is 3.71. The lowest BCUT2D eigenvalue weighted by atomic mass is 10.1. The maximum Gasteiger partial charge on any atom is 0.221 e. The van der Waals surface area contributed by atoms with Crippen LogP contribution in [0.2, 0.25) is 0 Å². The monoisotopic (exact) mass is 347 g/mol. The van der Waals surface area contributed by atoms with Gasteiger partial charge < -0.3 is 15.5 Å². The van der Waals surface area contributed by atoms with Gasteiger partial charge in [0.1, 0.15) is 0 Å². The van der Waals surface area contributed by atoms with Crippen molar-refractivity contribution in [2.45, 2.75) is 31.8 Å². The molecule has 0 radical (unpaired) electrons. The van der Waals surface area contributed by atoms with Crippen LogP contribution in [0, 0.1) is 0 Å². The number of nitrogens with one attached hydrogen (secondary N) is 2. The zero-order valence-corrected chi connectivity index (χ0v) is 14.7. The first-order chi connectivity index (χ1) is 9.74. The van der Waals surface area contributed by atoms with Crippen molar-refractivity contribution in [3.8, 4) is 0 Å². The Bertz CT molecular complexity index is 411. The smallest absolute Gasteiger partial charge is 0.221 e. The summed E-state index contributed by atoms with van der Waals surface area (Å²) in [4.78, 5) is 14.0. The molecule has 1 amide bonds. The number of halogens is 2. The van der Waals surface area contributed by atoms with Crippen LogP contribution in [-0.4, -0.2) is 43.5 Å². The first kappa shape index (κ1) is 21.2. The number of likely N-dealkylation sites (N-methyl/N-ethyl adjacent to an activating group) is 1. The number of hydrogen-bond donors (Lipinski definition) is 2. The number of rotatable bonds is 7. The van der Waals surface area contributed by atoms with Crippen LogP contribution in [-0.2, 0) is 11.3 Å². The van der Waals surface area contributed by atoms with E-state index >= 15 is 0 Å². The highest BCUT2D eigenvalue weighted by molar-refractivity contribution is 5.85. The molecular formula is C16H27Cl2N3O. The van der Waals surface area contributed by atoms with Crippen LogP contribution in [0.25, 0.3) is 0 Å². The highest BCUT2D eigenvalue weighted by Crippen LogP contribution is 2.08. The highest BCUT2D eigenvalue weighted by atomic mass is 35.5. The Labute approximate surface area is 145 Å². The van der Waals surface area contributed by atoms with Crippen molar-refractivity contribution >= 4 is 30.7 Å². The van der Waals surface area contributed by atoms with Crippen molar-refractivity contribution < 1.29 is 4.79 Å². The van der Waals surface area contributed by atoms with E-state index in [-0.39, 0.29) is 30.7 Å². The molecule has 0 aliphatic carbocycles. The second-order valence-electron chi connectivity index (χ2n) is 5.57. The molecule has 2 N–H and O–H groups in total. The van der Waals surface area contributed by atoms with Crippen LogP contribution in [0.15, 0.2) is 30.3 Å². The van der Waals surface area contributed by atoms with Gasteiger partial charge in [-0.3, -0.25) is 4.79 Å². The molecule has 1 unspecified atom stereocenters. The summed E-state index contributed by atoms with van der Waals surface area (Å²) < 4.78 is 0. The zero-order chi connectivity index (χ0) is 14.2. The summed E-state index contributed by atoms with van der Waals surface area (Å²) in [6, 6.07) is 10.8. The number of nitrogens with zero attached hydrogens (tertiary/aromatic N) is 1. The fraction of sp³-hybridized carbons (Fsp3) is 0.562. The average molecular weight is 348 g/mol. The molecule has 1 atom stereocenters. The molecule has 0 saturated carbocycles. The highest BCUT2D eigenvalue weighted by Gasteiger charge is 2.17. The van der Waals surface area contributed by atoms with Gasteiger partial charge in [0.25, 0.3) is 0 Å². The molecule has 1 aliphatic heterocycles. The third-order valence-electron chi connectivity index (χ3n) is 3.71. The largest absolute Gasteiger partial charge is 0.355 e. The van der Waals surface area contributed by atoms with Crippen LogP contribution in [0.5, 0.6) is 0 Å². The number of benzene rings is 1. The molecule has 1 fully saturated rings. The van der Waals surface area contributed by atoms with E-state index in [0.29, 0.717) is 12.5 Å². The minimum absolute atomic E-state index is 0. The van der Waals surface area contributed by atoms with Gasteiger partial charge in [0.05, 0.1) is 0 Å². The Balaban J connectivity index is 0.00000220. The summed E-state index contributed by atoms with van der Waals surface area (Å²) in [5, 5.41) is 6.35. The molecule has 0 aromatic heterocycles. The fourth-order valence-corrected chi connectivity index (χ4v) is 2.59. The summed E-state index contributed by atoms with van der Waals surface area (Å²) in [6.45, 7) is 3.56. The maximum atomic E-state index is 11.8. The van der Waals surface area contributed by atoms with E-state index in [4.69, 9.17) is 0 Å². The van der Waals surface area contributed by atoms with Crippen molar-refractivity contribution in [3.05, 3.63) is 35.9 Å². The molecule has 4 nitrogen and oxygen atoms in total. The van der Waals surface area contributed by atoms with E-state index < -0.39 is 0 Å². The maximum absolute atomic E-state index is 11.8. The third kappa shape index (κ3) is 7.99. The average Bonchev–Trinajstić information content (AvgIpc) is 2.92. The van der Waals surface area contributed by atoms with Gasteiger partial charge in [-0.15, -0.1) is 24.8 Å². The van der Waals surface area contributed by atoms with Crippen molar-refractivity contribution in [1.29, 1.82) is 0 Å². The van der Waals surface area contributed by atoms with Crippen molar-refractivity contribution in [1.82, 2.24) is 15.5 Å². The molecule has 2 rings (SSSR count). The topological polar surface area (TPSA) is 44.4 Å². The van der Waals surface area contributed by atoms with E-state index in [1.807, 2.05) is 6.07 Å². The molecule has 0 spiro atoms. The Hall–Kier alpha value is -0.810. The van der Waals surface area contributed by atoms with E-state index in [9.17, 15) is 4.79 Å². The van der Waals surface area contributed by atoms with Gasteiger partial charge in [-0.1, -0.05) is 30.3 Å². The van der Waals surface area contributed by atoms with Crippen LogP contribution in [0.3, 0.4) is 0 Å². The normalized spacial score (nSPS) is 16.7. The van der Waals surface area contributed by atoms with Crippen LogP contribution < -0.4 is 10.6 Å². The van der Waals surface area contributed by atoms with E-state index in [0.717, 1.165) is 32.6 Å². The molecule has 1 heterocycles. The van der Waals surface area contributed by atoms with Gasteiger partial charge in [-0.05, 0) is 32.0 Å². The van der Waals surface area contributed by atoms with Gasteiger partial charge in [0.2, 0.25) is 5.91 Å². The Morgan fingerprint density at radius 2 is 2.05 bits per heavy atom. The van der Waals surface area contributed by atoms with Crippen molar-refractivity contribution in [2.24, 2.45) is 0 Å². The fourth-order valence-electron chi connectivity index (χ4n) is 2.59. The molecule has 0 bridgehead atoms. The van der Waals surface area contributed by atoms with Crippen molar-refractivity contribution in [3.63, 3.8) is 0 Å². The number of hydrogen-bond acceptors (Lipinski definition) is 3. The molecule has 1 aromatic rings. The summed E-state index contributed by atoms with van der Waals surface area (Å²) in [7, 11) is 2.08. The summed E-state index contributed by atoms with van der Waals surface area (Å²) in [6.07, 6.45) is 2.93. The summed E-state index contributed by atoms with van der Waals surface area (Å²) in [5.74, 6) is 0.164. The van der Waals surface area contributed by atoms with Crippen molar-refractivity contribution in [2.75, 3.05) is 26.7 Å². The lowest BCUT2D eigenvalue weighted by Gasteiger charge is -2.17. The van der Waals surface area contributed by atoms with E-state index in [2.05, 4.69) is 46.8 Å². The first-order valence-corrected chi connectivity index (χ1v) is 7.46. The molecule has 1 aliphatic rings. The lowest BCUT2D eigenvalue weighted by Crippen LogP contribution is -2.36. The molecular weight excluding hydrogens is 321 g/mol. The Morgan fingerprint density at radius 3 is 2.68 bits per heavy atom. The molecule has 6 heteroatoms. The standard InChI is InChI=1S/C16H25N3O.2ClH/c1-19(13-14-6-3-2-4-7-14)11-10-18-16(20)12-15-8-5-9-17-15;;/h2-4,6-7,15,17H,5,8-13H2,1H3,(H,18,20);2*1H. The van der Waals surface area contributed by atoms with Gasteiger partial charge in [0.15, 0.2) is 0 Å². The number of amides is 1. The molecule has 22 heavy (non-hydrogen) atoms. The second-order valence-corrected chi connectivity index (χ2v) is 5.57. The quantitative estimate of drug-likeness (QED) is 0.794. The molecule has 126 valence electrons. The minimum Gasteiger partial charge on any atom is -0.355 e. The molecule has 1 aromatic carbocycles. The van der Waals surface area contributed by atoms with Gasteiger partial charge in [-0.2, -0.15) is 0 Å². The number of carbonyl (C=O) groups excluding carboxylic acids is 1. The summed E-state index contributed by atoms with van der Waals surface area (Å²) in [5.41, 5.74) is 1.30. The van der Waals surface area contributed by atoms with Crippen LogP contribution >= 0.6 is 24.8 Å². The summed E-state index contributed by atoms with van der Waals surface area (Å²) >= 11 is 0. The predicted octanol–water partition coefficient (Wildman–Crippen LogP) is 2.22. The van der Waals surface area contributed by atoms with Gasteiger partial charge in [0, 0.05) is 32.1 Å². The predicted molar refractivity (Wildman–Crippen MR) is 95.9 cm³/mol. The number of carbonyl (C=O) groups is 1. The van der Waals surface area contributed by atoms with Crippen LogP contribution in [0.1, 0.15) is 24.8 Å². The van der Waals surface area contributed by atoms with Gasteiger partial charge in [-0.25, -0.2) is 0 Å². The van der Waals surface area contributed by atoms with Gasteiger partial charge >= 0.3 is 0 Å². The molecule has 1 saturated heterocycles. The Kier molecular flexibility index (Phi) is 11.3. The lowest BCUT2D eigenvalue weighted by molar-refractivity contribution is -0.121. The zero-order valence-electron chi connectivity index (χ0n) is 13.1. The van der Waals surface area contributed by atoms with Crippen LogP contribution in [0.4, 0.5) is 0 Å². The SMILES string of the molecule is CN(CCNC(=O)CC1CCCN1)Cc1ccccc1.Cl.Cl.